The molecular formula is C16H30N2. The third-order valence-electron chi connectivity index (χ3n) is 3.78. The SMILES string of the molecule is CCCCCCC(CCCCC)CC1=NCN=C1. The lowest BCUT2D eigenvalue weighted by atomic mass is 9.90. The summed E-state index contributed by atoms with van der Waals surface area (Å²) in [4.78, 5) is 8.64. The molecular weight excluding hydrogens is 220 g/mol. The molecule has 0 saturated carbocycles. The highest BCUT2D eigenvalue weighted by Gasteiger charge is 2.12. The van der Waals surface area contributed by atoms with Crippen molar-refractivity contribution in [2.45, 2.75) is 78.1 Å². The molecule has 0 N–H and O–H groups in total. The molecule has 1 aliphatic rings. The zero-order valence-corrected chi connectivity index (χ0v) is 12.3. The van der Waals surface area contributed by atoms with Gasteiger partial charge in [-0.05, 0) is 12.3 Å². The minimum atomic E-state index is 0.673. The summed E-state index contributed by atoms with van der Waals surface area (Å²) in [7, 11) is 0. The molecule has 0 radical (unpaired) electrons. The molecule has 1 atom stereocenters. The van der Waals surface area contributed by atoms with Crippen LogP contribution in [0.2, 0.25) is 0 Å². The zero-order valence-electron chi connectivity index (χ0n) is 12.3. The summed E-state index contributed by atoms with van der Waals surface area (Å²) in [5, 5.41) is 0. The van der Waals surface area contributed by atoms with E-state index in [-0.39, 0.29) is 0 Å². The van der Waals surface area contributed by atoms with Crippen LogP contribution in [-0.2, 0) is 0 Å². The lowest BCUT2D eigenvalue weighted by molar-refractivity contribution is 0.420. The molecule has 2 heteroatoms. The van der Waals surface area contributed by atoms with Gasteiger partial charge in [0.2, 0.25) is 0 Å². The normalized spacial score (nSPS) is 16.0. The lowest BCUT2D eigenvalue weighted by Gasteiger charge is -2.16. The molecule has 0 aromatic rings. The quantitative estimate of drug-likeness (QED) is 0.460. The van der Waals surface area contributed by atoms with E-state index in [9.17, 15) is 0 Å². The van der Waals surface area contributed by atoms with Gasteiger partial charge in [0.15, 0.2) is 0 Å². The Morgan fingerprint density at radius 3 is 2.28 bits per heavy atom. The fraction of sp³-hybridized carbons (Fsp3) is 0.875. The molecule has 1 rings (SSSR count). The van der Waals surface area contributed by atoms with Crippen molar-refractivity contribution in [3.05, 3.63) is 0 Å². The van der Waals surface area contributed by atoms with Gasteiger partial charge in [0.1, 0.15) is 6.67 Å². The van der Waals surface area contributed by atoms with Gasteiger partial charge in [-0.3, -0.25) is 9.98 Å². The number of aliphatic imine (C=N–C) groups is 2. The molecule has 1 heterocycles. The summed E-state index contributed by atoms with van der Waals surface area (Å²) < 4.78 is 0. The second-order valence-electron chi connectivity index (χ2n) is 5.52. The van der Waals surface area contributed by atoms with Gasteiger partial charge in [0.25, 0.3) is 0 Å². The number of hydrogen-bond acceptors (Lipinski definition) is 2. The van der Waals surface area contributed by atoms with E-state index in [4.69, 9.17) is 0 Å². The second kappa shape index (κ2) is 10.3. The smallest absolute Gasteiger partial charge is 0.129 e. The van der Waals surface area contributed by atoms with Crippen LogP contribution in [0.1, 0.15) is 78.1 Å². The first-order valence-electron chi connectivity index (χ1n) is 7.90. The van der Waals surface area contributed by atoms with Gasteiger partial charge in [-0.15, -0.1) is 0 Å². The van der Waals surface area contributed by atoms with Gasteiger partial charge < -0.3 is 0 Å². The van der Waals surface area contributed by atoms with Crippen molar-refractivity contribution in [1.29, 1.82) is 0 Å². The molecule has 104 valence electrons. The van der Waals surface area contributed by atoms with Gasteiger partial charge in [0.05, 0.1) is 5.71 Å². The van der Waals surface area contributed by atoms with Crippen molar-refractivity contribution >= 4 is 11.9 Å². The maximum absolute atomic E-state index is 4.44. The molecule has 1 unspecified atom stereocenters. The number of hydrogen-bond donors (Lipinski definition) is 0. The first-order chi connectivity index (χ1) is 8.86. The molecule has 0 aromatic carbocycles. The molecule has 0 amide bonds. The maximum Gasteiger partial charge on any atom is 0.129 e. The average molecular weight is 250 g/mol. The van der Waals surface area contributed by atoms with E-state index in [2.05, 4.69) is 23.8 Å². The number of nitrogens with zero attached hydrogens (tertiary/aromatic N) is 2. The Kier molecular flexibility index (Phi) is 8.79. The highest BCUT2D eigenvalue weighted by Crippen LogP contribution is 2.22. The summed E-state index contributed by atoms with van der Waals surface area (Å²) in [6.07, 6.45) is 15.5. The van der Waals surface area contributed by atoms with Crippen LogP contribution in [0.4, 0.5) is 0 Å². The first-order valence-corrected chi connectivity index (χ1v) is 7.90. The van der Waals surface area contributed by atoms with Crippen LogP contribution < -0.4 is 0 Å². The molecule has 2 nitrogen and oxygen atoms in total. The van der Waals surface area contributed by atoms with Gasteiger partial charge in [0, 0.05) is 6.21 Å². The van der Waals surface area contributed by atoms with Crippen LogP contribution in [-0.4, -0.2) is 18.6 Å². The first kappa shape index (κ1) is 15.4. The zero-order chi connectivity index (χ0) is 13.1. The molecule has 0 bridgehead atoms. The Morgan fingerprint density at radius 2 is 1.67 bits per heavy atom. The van der Waals surface area contributed by atoms with Crippen LogP contribution in [0, 0.1) is 5.92 Å². The van der Waals surface area contributed by atoms with E-state index in [1.807, 2.05) is 6.21 Å². The molecule has 0 spiro atoms. The van der Waals surface area contributed by atoms with Crippen molar-refractivity contribution in [3.63, 3.8) is 0 Å². The summed E-state index contributed by atoms with van der Waals surface area (Å²) in [5.41, 5.74) is 1.24. The minimum Gasteiger partial charge on any atom is -0.268 e. The van der Waals surface area contributed by atoms with Crippen molar-refractivity contribution in [3.8, 4) is 0 Å². The fourth-order valence-corrected chi connectivity index (χ4v) is 2.62. The van der Waals surface area contributed by atoms with Crippen molar-refractivity contribution < 1.29 is 0 Å². The number of unbranched alkanes of at least 4 members (excludes halogenated alkanes) is 5. The fourth-order valence-electron chi connectivity index (χ4n) is 2.62. The minimum absolute atomic E-state index is 0.673. The topological polar surface area (TPSA) is 24.7 Å². The second-order valence-corrected chi connectivity index (χ2v) is 5.52. The molecule has 1 aliphatic heterocycles. The highest BCUT2D eigenvalue weighted by molar-refractivity contribution is 6.31. The van der Waals surface area contributed by atoms with Gasteiger partial charge in [-0.25, -0.2) is 0 Å². The van der Waals surface area contributed by atoms with Crippen LogP contribution in [0.3, 0.4) is 0 Å². The Balaban J connectivity index is 2.24. The van der Waals surface area contributed by atoms with Crippen LogP contribution in [0.5, 0.6) is 0 Å². The third-order valence-corrected chi connectivity index (χ3v) is 3.78. The summed E-state index contributed by atoms with van der Waals surface area (Å²) in [6.45, 7) is 5.24. The van der Waals surface area contributed by atoms with Crippen molar-refractivity contribution in [2.24, 2.45) is 15.9 Å². The molecule has 0 aliphatic carbocycles. The van der Waals surface area contributed by atoms with E-state index in [1.54, 1.807) is 0 Å². The standard InChI is InChI=1S/C16H30N2/c1-3-5-7-9-11-15(10-8-6-4-2)12-16-13-17-14-18-16/h13,15H,3-12,14H2,1-2H3. The predicted octanol–water partition coefficient (Wildman–Crippen LogP) is 5.03. The summed E-state index contributed by atoms with van der Waals surface area (Å²) in [5.74, 6) is 0.844. The van der Waals surface area contributed by atoms with Gasteiger partial charge >= 0.3 is 0 Å². The van der Waals surface area contributed by atoms with E-state index >= 15 is 0 Å². The Hall–Kier alpha value is -0.660. The molecule has 0 fully saturated rings. The highest BCUT2D eigenvalue weighted by atomic mass is 15.0. The molecule has 0 aromatic heterocycles. The van der Waals surface area contributed by atoms with Gasteiger partial charge in [-0.2, -0.15) is 0 Å². The predicted molar refractivity (Wildman–Crippen MR) is 81.8 cm³/mol. The summed E-state index contributed by atoms with van der Waals surface area (Å²) in [6, 6.07) is 0. The van der Waals surface area contributed by atoms with Gasteiger partial charge in [-0.1, -0.05) is 71.6 Å². The van der Waals surface area contributed by atoms with Crippen molar-refractivity contribution in [1.82, 2.24) is 0 Å². The largest absolute Gasteiger partial charge is 0.268 e. The van der Waals surface area contributed by atoms with Crippen LogP contribution >= 0.6 is 0 Å². The van der Waals surface area contributed by atoms with Crippen LogP contribution in [0.25, 0.3) is 0 Å². The van der Waals surface area contributed by atoms with E-state index in [1.165, 1.54) is 69.9 Å². The molecule has 0 saturated heterocycles. The third kappa shape index (κ3) is 6.93. The molecule has 18 heavy (non-hydrogen) atoms. The lowest BCUT2D eigenvalue weighted by Crippen LogP contribution is -2.09. The van der Waals surface area contributed by atoms with E-state index in [0.29, 0.717) is 6.67 Å². The summed E-state index contributed by atoms with van der Waals surface area (Å²) >= 11 is 0. The van der Waals surface area contributed by atoms with E-state index < -0.39 is 0 Å². The Morgan fingerprint density at radius 1 is 1.00 bits per heavy atom. The van der Waals surface area contributed by atoms with E-state index in [0.717, 1.165) is 5.92 Å². The van der Waals surface area contributed by atoms with Crippen molar-refractivity contribution in [2.75, 3.05) is 6.67 Å². The average Bonchev–Trinajstić information content (AvgIpc) is 2.87. The maximum atomic E-state index is 4.44. The monoisotopic (exact) mass is 250 g/mol. The Labute approximate surface area is 113 Å². The number of rotatable bonds is 11. The van der Waals surface area contributed by atoms with Crippen LogP contribution in [0.15, 0.2) is 9.98 Å². The Bertz CT molecular complexity index is 256.